The fourth-order valence-corrected chi connectivity index (χ4v) is 1.88. The van der Waals surface area contributed by atoms with Gasteiger partial charge in [-0.25, -0.2) is 4.98 Å². The fraction of sp³-hybridized carbons (Fsp3) is 0.167. The highest BCUT2D eigenvalue weighted by Crippen LogP contribution is 2.31. The molecule has 2 aromatic rings. The molecule has 0 unspecified atom stereocenters. The average Bonchev–Trinajstić information content (AvgIpc) is 2.37. The predicted molar refractivity (Wildman–Crippen MR) is 75.2 cm³/mol. The summed E-state index contributed by atoms with van der Waals surface area (Å²) in [5.74, 6) is 0.879. The number of methoxy groups -OCH3 is 1. The normalized spacial score (nSPS) is 10.2. The zero-order chi connectivity index (χ0) is 13.1. The predicted octanol–water partition coefficient (Wildman–Crippen LogP) is 2.88. The molecule has 3 N–H and O–H groups in total. The highest BCUT2D eigenvalue weighted by atomic mass is 79.9. The van der Waals surface area contributed by atoms with Gasteiger partial charge in [-0.3, -0.25) is 0 Å². The Labute approximate surface area is 114 Å². The number of nitrogens with zero attached hydrogens (tertiary/aromatic N) is 2. The van der Waals surface area contributed by atoms with Crippen molar-refractivity contribution in [1.29, 1.82) is 0 Å². The summed E-state index contributed by atoms with van der Waals surface area (Å²) in [7, 11) is 1.52. The first-order valence-electron chi connectivity index (χ1n) is 5.30. The lowest BCUT2D eigenvalue weighted by atomic mass is 10.2. The van der Waals surface area contributed by atoms with Gasteiger partial charge < -0.3 is 15.8 Å². The molecule has 0 amide bonds. The van der Waals surface area contributed by atoms with E-state index in [9.17, 15) is 0 Å². The Hall–Kier alpha value is -1.82. The maximum absolute atomic E-state index is 5.90. The highest BCUT2D eigenvalue weighted by molar-refractivity contribution is 9.10. The molecular formula is C12H13BrN4O. The van der Waals surface area contributed by atoms with Crippen LogP contribution in [0.3, 0.4) is 0 Å². The smallest absolute Gasteiger partial charge is 0.242 e. The molecule has 0 aliphatic carbocycles. The molecule has 1 aromatic carbocycles. The molecule has 0 fully saturated rings. The second-order valence-corrected chi connectivity index (χ2v) is 4.50. The number of nitrogens with one attached hydrogen (secondary N) is 1. The van der Waals surface area contributed by atoms with Gasteiger partial charge in [0.05, 0.1) is 12.8 Å². The van der Waals surface area contributed by atoms with Gasteiger partial charge in [-0.15, -0.1) is 0 Å². The number of halogens is 1. The van der Waals surface area contributed by atoms with Crippen LogP contribution in [-0.2, 0) is 0 Å². The van der Waals surface area contributed by atoms with Crippen LogP contribution in [0.25, 0.3) is 0 Å². The van der Waals surface area contributed by atoms with Crippen LogP contribution in [0.1, 0.15) is 5.56 Å². The van der Waals surface area contributed by atoms with Gasteiger partial charge in [-0.2, -0.15) is 4.98 Å². The van der Waals surface area contributed by atoms with Crippen molar-refractivity contribution >= 4 is 33.1 Å². The highest BCUT2D eigenvalue weighted by Gasteiger charge is 2.10. The first-order chi connectivity index (χ1) is 8.63. The number of nitrogen functional groups attached to an aromatic ring is 1. The number of rotatable bonds is 3. The van der Waals surface area contributed by atoms with Crippen LogP contribution in [0.2, 0.25) is 0 Å². The van der Waals surface area contributed by atoms with E-state index >= 15 is 0 Å². The Morgan fingerprint density at radius 2 is 2.11 bits per heavy atom. The first kappa shape index (κ1) is 12.6. The van der Waals surface area contributed by atoms with Crippen molar-refractivity contribution in [3.8, 4) is 5.88 Å². The van der Waals surface area contributed by atoms with E-state index in [4.69, 9.17) is 10.5 Å². The van der Waals surface area contributed by atoms with Gasteiger partial charge in [0.2, 0.25) is 5.88 Å². The summed E-state index contributed by atoms with van der Waals surface area (Å²) in [5.41, 5.74) is 8.30. The Kier molecular flexibility index (Phi) is 3.66. The minimum Gasteiger partial charge on any atom is -0.479 e. The molecule has 18 heavy (non-hydrogen) atoms. The molecule has 2 rings (SSSR count). The van der Waals surface area contributed by atoms with Crippen molar-refractivity contribution in [3.63, 3.8) is 0 Å². The van der Waals surface area contributed by atoms with Gasteiger partial charge in [0.15, 0.2) is 5.82 Å². The van der Waals surface area contributed by atoms with E-state index in [2.05, 4.69) is 31.2 Å². The molecule has 1 aromatic heterocycles. The summed E-state index contributed by atoms with van der Waals surface area (Å²) < 4.78 is 6.02. The summed E-state index contributed by atoms with van der Waals surface area (Å²) in [6.07, 6.45) is 1.40. The minimum atomic E-state index is 0.358. The van der Waals surface area contributed by atoms with Crippen molar-refractivity contribution in [3.05, 3.63) is 34.6 Å². The monoisotopic (exact) mass is 308 g/mol. The molecule has 6 heteroatoms. The maximum atomic E-state index is 5.90. The van der Waals surface area contributed by atoms with Crippen LogP contribution in [0.5, 0.6) is 5.88 Å². The van der Waals surface area contributed by atoms with Crippen molar-refractivity contribution < 1.29 is 4.74 Å². The summed E-state index contributed by atoms with van der Waals surface area (Å²) in [6.45, 7) is 2.01. The summed E-state index contributed by atoms with van der Waals surface area (Å²) in [5, 5.41) is 3.15. The number of hydrogen-bond acceptors (Lipinski definition) is 5. The van der Waals surface area contributed by atoms with Gasteiger partial charge in [0.1, 0.15) is 12.0 Å². The van der Waals surface area contributed by atoms with Gasteiger partial charge >= 0.3 is 0 Å². The average molecular weight is 309 g/mol. The van der Waals surface area contributed by atoms with E-state index in [0.29, 0.717) is 17.4 Å². The Morgan fingerprint density at radius 3 is 2.83 bits per heavy atom. The van der Waals surface area contributed by atoms with Crippen LogP contribution >= 0.6 is 15.9 Å². The number of aryl methyl sites for hydroxylation is 1. The van der Waals surface area contributed by atoms with Crippen molar-refractivity contribution in [2.75, 3.05) is 18.2 Å². The van der Waals surface area contributed by atoms with E-state index in [1.165, 1.54) is 13.4 Å². The molecule has 1 heterocycles. The summed E-state index contributed by atoms with van der Waals surface area (Å²) in [4.78, 5) is 8.03. The van der Waals surface area contributed by atoms with E-state index in [0.717, 1.165) is 15.7 Å². The SMILES string of the molecule is COc1ncnc(Nc2cccc(C)c2Br)c1N. The van der Waals surface area contributed by atoms with Gasteiger partial charge in [-0.1, -0.05) is 12.1 Å². The van der Waals surface area contributed by atoms with Crippen molar-refractivity contribution in [1.82, 2.24) is 9.97 Å². The second-order valence-electron chi connectivity index (χ2n) is 3.71. The zero-order valence-corrected chi connectivity index (χ0v) is 11.7. The third-order valence-electron chi connectivity index (χ3n) is 2.49. The van der Waals surface area contributed by atoms with E-state index in [-0.39, 0.29) is 0 Å². The minimum absolute atomic E-state index is 0.358. The molecule has 5 nitrogen and oxygen atoms in total. The number of ether oxygens (including phenoxy) is 1. The van der Waals surface area contributed by atoms with E-state index in [1.807, 2.05) is 25.1 Å². The molecule has 0 saturated carbocycles. The Balaban J connectivity index is 2.37. The maximum Gasteiger partial charge on any atom is 0.242 e. The van der Waals surface area contributed by atoms with Crippen LogP contribution in [0, 0.1) is 6.92 Å². The molecule has 0 spiro atoms. The second kappa shape index (κ2) is 5.22. The standard InChI is InChI=1S/C12H13BrN4O/c1-7-4-3-5-8(9(7)13)17-11-10(14)12(18-2)16-6-15-11/h3-6H,14H2,1-2H3,(H,15,16,17). The molecule has 94 valence electrons. The zero-order valence-electron chi connectivity index (χ0n) is 10.1. The van der Waals surface area contributed by atoms with E-state index in [1.54, 1.807) is 0 Å². The lowest BCUT2D eigenvalue weighted by Gasteiger charge is -2.12. The molecule has 0 atom stereocenters. The van der Waals surface area contributed by atoms with E-state index < -0.39 is 0 Å². The lowest BCUT2D eigenvalue weighted by molar-refractivity contribution is 0.399. The molecular weight excluding hydrogens is 296 g/mol. The largest absolute Gasteiger partial charge is 0.479 e. The number of aromatic nitrogens is 2. The number of nitrogens with two attached hydrogens (primary N) is 1. The summed E-state index contributed by atoms with van der Waals surface area (Å²) >= 11 is 3.52. The summed E-state index contributed by atoms with van der Waals surface area (Å²) in [6, 6.07) is 5.90. The van der Waals surface area contributed by atoms with Gasteiger partial charge in [0.25, 0.3) is 0 Å². The van der Waals surface area contributed by atoms with Crippen molar-refractivity contribution in [2.24, 2.45) is 0 Å². The topological polar surface area (TPSA) is 73.1 Å². The van der Waals surface area contributed by atoms with Crippen LogP contribution in [0.15, 0.2) is 29.0 Å². The Bertz CT molecular complexity index is 574. The Morgan fingerprint density at radius 1 is 1.33 bits per heavy atom. The van der Waals surface area contributed by atoms with Crippen LogP contribution in [0.4, 0.5) is 17.2 Å². The number of hydrogen-bond donors (Lipinski definition) is 2. The number of anilines is 3. The third-order valence-corrected chi connectivity index (χ3v) is 3.54. The third kappa shape index (κ3) is 2.38. The van der Waals surface area contributed by atoms with Crippen molar-refractivity contribution in [2.45, 2.75) is 6.92 Å². The molecule has 0 aliphatic rings. The molecule has 0 saturated heterocycles. The quantitative estimate of drug-likeness (QED) is 0.912. The number of benzene rings is 1. The van der Waals surface area contributed by atoms with Crippen LogP contribution in [-0.4, -0.2) is 17.1 Å². The molecule has 0 radical (unpaired) electrons. The first-order valence-corrected chi connectivity index (χ1v) is 6.09. The fourth-order valence-electron chi connectivity index (χ4n) is 1.51. The van der Waals surface area contributed by atoms with Crippen LogP contribution < -0.4 is 15.8 Å². The molecule has 0 aliphatic heterocycles. The lowest BCUT2D eigenvalue weighted by Crippen LogP contribution is -2.03. The van der Waals surface area contributed by atoms with Gasteiger partial charge in [-0.05, 0) is 34.5 Å². The van der Waals surface area contributed by atoms with Gasteiger partial charge in [0, 0.05) is 4.47 Å². The molecule has 0 bridgehead atoms.